The summed E-state index contributed by atoms with van der Waals surface area (Å²) in [7, 11) is 49.5. The molecule has 0 aliphatic rings. The molecule has 3 aromatic rings. The number of hydrogen-bond acceptors (Lipinski definition) is 12. The molecule has 0 N–H and O–H groups in total. The molecule has 0 heterocycles. The summed E-state index contributed by atoms with van der Waals surface area (Å²) in [6, 6.07) is 28.0. The van der Waals surface area contributed by atoms with Crippen molar-refractivity contribution in [3.05, 3.63) is 112 Å². The molecule has 0 unspecified atom stereocenters. The zero-order chi connectivity index (χ0) is 48.6. The molecule has 0 saturated carbocycles. The molecule has 63 heavy (non-hydrogen) atoms. The Kier molecular flexibility index (Phi) is 38.6. The van der Waals surface area contributed by atoms with Gasteiger partial charge in [0.15, 0.2) is 0 Å². The van der Waals surface area contributed by atoms with Gasteiger partial charge in [-0.1, -0.05) is 65.7 Å². The maximum atomic E-state index is 5.01. The molecular formula is C45H91N13P4Yb. The zero-order valence-electron chi connectivity index (χ0n) is 44.4. The van der Waals surface area contributed by atoms with E-state index in [2.05, 4.69) is 306 Å². The minimum atomic E-state index is -0.238. The molecular weight excluding hydrogens is 1020 g/mol. The number of rotatable bonds is 16. The first kappa shape index (κ1) is 67.4. The van der Waals surface area contributed by atoms with E-state index in [4.69, 9.17) is 5.32 Å². The summed E-state index contributed by atoms with van der Waals surface area (Å²) < 4.78 is 26.8. The first-order valence-corrected chi connectivity index (χ1v) is 25.4. The molecule has 0 spiro atoms. The van der Waals surface area contributed by atoms with Crippen LogP contribution in [0.25, 0.3) is 5.32 Å². The summed E-state index contributed by atoms with van der Waals surface area (Å²) in [5.74, 6) is 0. The zero-order valence-corrected chi connectivity index (χ0v) is 49.7. The molecule has 3 rings (SSSR count). The van der Waals surface area contributed by atoms with Crippen LogP contribution >= 0.6 is 33.5 Å². The van der Waals surface area contributed by atoms with Crippen LogP contribution in [-0.2, 0) is 0 Å². The minimum absolute atomic E-state index is 0. The van der Waals surface area contributed by atoms with Gasteiger partial charge in [-0.25, -0.2) is 6.04 Å². The predicted molar refractivity (Wildman–Crippen MR) is 285 cm³/mol. The first-order valence-electron chi connectivity index (χ1n) is 20.6. The molecule has 0 aromatic heterocycles. The SMILES string of the molecule is CN(C)P(N(C)C)N(C)C.CN(C)P(N(C)C)N(C)C.CN(C)P(N(C)C)N(C)C.CN(C)P(N(C)C)N(C)C.Cc1cccc(C)c1[N-][C-](c1ccccc1)c1ccccc1.[Yb+2]. The van der Waals surface area contributed by atoms with Crippen LogP contribution in [0.5, 0.6) is 0 Å². The Hall–Kier alpha value is 0.0895. The Labute approximate surface area is 434 Å². The van der Waals surface area contributed by atoms with Crippen LogP contribution in [0.15, 0.2) is 78.9 Å². The van der Waals surface area contributed by atoms with Crippen LogP contribution in [-0.4, -0.2) is 225 Å². The molecule has 0 aliphatic heterocycles. The molecule has 13 nitrogen and oxygen atoms in total. The summed E-state index contributed by atoms with van der Waals surface area (Å²) in [6.45, 7) is 4.22. The van der Waals surface area contributed by atoms with Crippen molar-refractivity contribution in [3.63, 3.8) is 0 Å². The van der Waals surface area contributed by atoms with Gasteiger partial charge < -0.3 is 5.32 Å². The topological polar surface area (TPSA) is 53.0 Å². The van der Waals surface area contributed by atoms with Crippen molar-refractivity contribution in [2.45, 2.75) is 13.8 Å². The fourth-order valence-corrected chi connectivity index (χ4v) is 15.5. The Morgan fingerprint density at radius 2 is 0.492 bits per heavy atom. The molecule has 0 aliphatic carbocycles. The molecule has 0 radical (unpaired) electrons. The Balaban J connectivity index is -0.000000759. The Bertz CT molecular complexity index is 1300. The smallest absolute Gasteiger partial charge is 0.693 e. The van der Waals surface area contributed by atoms with Gasteiger partial charge in [-0.05, 0) is 183 Å². The van der Waals surface area contributed by atoms with Crippen LogP contribution in [0.4, 0.5) is 5.69 Å². The second kappa shape index (κ2) is 36.1. The molecule has 0 saturated heterocycles. The summed E-state index contributed by atoms with van der Waals surface area (Å²) in [6.07, 6.45) is 0. The van der Waals surface area contributed by atoms with Gasteiger partial charge in [0.2, 0.25) is 0 Å². The van der Waals surface area contributed by atoms with Crippen LogP contribution in [0.2, 0.25) is 0 Å². The van der Waals surface area contributed by atoms with E-state index in [1.807, 2.05) is 12.1 Å². The maximum absolute atomic E-state index is 5.01. The average molecular weight is 1110 g/mol. The van der Waals surface area contributed by atoms with Crippen molar-refractivity contribution >= 4 is 39.2 Å². The average Bonchev–Trinajstić information content (AvgIpc) is 3.11. The van der Waals surface area contributed by atoms with Crippen molar-refractivity contribution in [2.24, 2.45) is 0 Å². The number of aryl methyl sites for hydroxylation is 2. The van der Waals surface area contributed by atoms with Crippen molar-refractivity contribution < 1.29 is 46.9 Å². The van der Waals surface area contributed by atoms with Crippen LogP contribution in [0.3, 0.4) is 0 Å². The van der Waals surface area contributed by atoms with Gasteiger partial charge in [-0.3, -0.25) is 56.0 Å². The van der Waals surface area contributed by atoms with Crippen molar-refractivity contribution in [1.29, 1.82) is 0 Å². The molecule has 0 amide bonds. The largest absolute Gasteiger partial charge is 2.00 e. The molecule has 370 valence electrons. The van der Waals surface area contributed by atoms with E-state index in [9.17, 15) is 0 Å². The van der Waals surface area contributed by atoms with Gasteiger partial charge in [-0.2, -0.15) is 0 Å². The van der Waals surface area contributed by atoms with E-state index in [0.717, 1.165) is 22.9 Å². The van der Waals surface area contributed by atoms with Gasteiger partial charge in [0.25, 0.3) is 0 Å². The minimum Gasteiger partial charge on any atom is -0.693 e. The third-order valence-electron chi connectivity index (χ3n) is 8.05. The van der Waals surface area contributed by atoms with E-state index in [1.165, 1.54) is 11.1 Å². The van der Waals surface area contributed by atoms with E-state index in [-0.39, 0.29) is 80.4 Å². The third-order valence-corrected chi connectivity index (χ3v) is 16.6. The summed E-state index contributed by atoms with van der Waals surface area (Å²) >= 11 is 0. The van der Waals surface area contributed by atoms with Crippen molar-refractivity contribution in [3.8, 4) is 0 Å². The van der Waals surface area contributed by atoms with Gasteiger partial charge in [-0.15, -0.1) is 41.1 Å². The van der Waals surface area contributed by atoms with Gasteiger partial charge >= 0.3 is 46.9 Å². The normalized spacial score (nSPS) is 11.6. The standard InChI is InChI=1S/C21H19N.4C6H18N3P.Yb/c1-16-10-9-11-17(2)20(16)22-21(18-12-5-3-6-13-18)19-14-7-4-8-15-19;4*1-7(2)10(8(3)4)9(5)6;/h3-15H,1-2H3;4*1-6H3;/q-2;;;;;+2. The predicted octanol–water partition coefficient (Wildman–Crippen LogP) is 9.53. The Morgan fingerprint density at radius 1 is 0.302 bits per heavy atom. The maximum Gasteiger partial charge on any atom is 2.00 e. The molecule has 0 bridgehead atoms. The Morgan fingerprint density at radius 3 is 0.651 bits per heavy atom. The van der Waals surface area contributed by atoms with Crippen LogP contribution in [0.1, 0.15) is 22.3 Å². The molecule has 0 atom stereocenters. The van der Waals surface area contributed by atoms with E-state index >= 15 is 0 Å². The second-order valence-corrected chi connectivity index (χ2v) is 28.4. The molecule has 3 aromatic carbocycles. The fraction of sp³-hybridized carbons (Fsp3) is 0.578. The van der Waals surface area contributed by atoms with Gasteiger partial charge in [0, 0.05) is 0 Å². The summed E-state index contributed by atoms with van der Waals surface area (Å²) in [5.41, 5.74) is 5.73. The monoisotopic (exact) mass is 1110 g/mol. The van der Waals surface area contributed by atoms with Crippen LogP contribution < -0.4 is 0 Å². The number of benzene rings is 3. The van der Waals surface area contributed by atoms with Crippen molar-refractivity contribution in [2.75, 3.05) is 169 Å². The second-order valence-electron chi connectivity index (χ2n) is 16.7. The fourth-order valence-electron chi connectivity index (χ4n) is 6.87. The first-order chi connectivity index (χ1) is 28.6. The number of hydrogen-bond donors (Lipinski definition) is 0. The number of nitrogens with zero attached hydrogens (tertiary/aromatic N) is 13. The third kappa shape index (κ3) is 27.6. The van der Waals surface area contributed by atoms with E-state index in [0.29, 0.717) is 0 Å². The molecule has 18 heteroatoms. The van der Waals surface area contributed by atoms with Crippen LogP contribution in [0, 0.1) is 66.8 Å². The van der Waals surface area contributed by atoms with Gasteiger partial charge in [0.05, 0.1) is 0 Å². The van der Waals surface area contributed by atoms with E-state index < -0.39 is 0 Å². The van der Waals surface area contributed by atoms with Crippen molar-refractivity contribution in [1.82, 2.24) is 56.0 Å². The van der Waals surface area contributed by atoms with Gasteiger partial charge in [0.1, 0.15) is 33.5 Å². The number of para-hydroxylation sites is 1. The quantitative estimate of drug-likeness (QED) is 0.102. The summed E-state index contributed by atoms with van der Waals surface area (Å²) in [5, 5.41) is 5.01. The molecule has 0 fully saturated rings. The summed E-state index contributed by atoms with van der Waals surface area (Å²) in [4.78, 5) is 0. The van der Waals surface area contributed by atoms with E-state index in [1.54, 1.807) is 0 Å².